The van der Waals surface area contributed by atoms with E-state index in [0.29, 0.717) is 5.56 Å². The number of anilines is 1. The number of benzene rings is 3. The minimum absolute atomic E-state index is 0.256. The van der Waals surface area contributed by atoms with Gasteiger partial charge in [-0.2, -0.15) is 0 Å². The van der Waals surface area contributed by atoms with Crippen molar-refractivity contribution >= 4 is 11.7 Å². The highest BCUT2D eigenvalue weighted by Gasteiger charge is 2.54. The number of para-hydroxylation sites is 2. The summed E-state index contributed by atoms with van der Waals surface area (Å²) in [6.45, 7) is 6.35. The molecular weight excluding hydrogens is 422 g/mol. The second-order valence-electron chi connectivity index (χ2n) is 9.27. The zero-order valence-corrected chi connectivity index (χ0v) is 20.2. The van der Waals surface area contributed by atoms with Crippen LogP contribution in [0.1, 0.15) is 79.4 Å². The highest BCUT2D eigenvalue weighted by molar-refractivity contribution is 6.02. The molecule has 1 spiro atoms. The number of carbonyl (C=O) groups excluding carboxylic acids is 1. The van der Waals surface area contributed by atoms with Gasteiger partial charge in [-0.25, -0.2) is 4.79 Å². The number of esters is 1. The first-order chi connectivity index (χ1) is 16.7. The molecule has 4 nitrogen and oxygen atoms in total. The summed E-state index contributed by atoms with van der Waals surface area (Å²) in [5, 5.41) is 0. The van der Waals surface area contributed by atoms with Gasteiger partial charge in [-0.1, -0.05) is 88.1 Å². The van der Waals surface area contributed by atoms with Crippen molar-refractivity contribution in [3.05, 3.63) is 89.0 Å². The molecule has 2 heterocycles. The summed E-state index contributed by atoms with van der Waals surface area (Å²) in [4.78, 5) is 16.1. The average molecular weight is 456 g/mol. The van der Waals surface area contributed by atoms with E-state index in [1.165, 1.54) is 25.7 Å². The van der Waals surface area contributed by atoms with Gasteiger partial charge in [0.05, 0.1) is 11.3 Å². The lowest BCUT2D eigenvalue weighted by molar-refractivity contribution is 0.0224. The van der Waals surface area contributed by atoms with Crippen LogP contribution in [0.2, 0.25) is 0 Å². The van der Waals surface area contributed by atoms with Gasteiger partial charge in [-0.3, -0.25) is 0 Å². The van der Waals surface area contributed by atoms with E-state index in [-0.39, 0.29) is 5.97 Å². The fourth-order valence-electron chi connectivity index (χ4n) is 5.37. The minimum atomic E-state index is -0.994. The van der Waals surface area contributed by atoms with E-state index in [0.717, 1.165) is 59.8 Å². The summed E-state index contributed by atoms with van der Waals surface area (Å²) in [7, 11) is 0. The van der Waals surface area contributed by atoms with Crippen molar-refractivity contribution < 1.29 is 14.3 Å². The number of rotatable bonds is 9. The van der Waals surface area contributed by atoms with Crippen LogP contribution < -0.4 is 9.64 Å². The molecule has 0 unspecified atom stereocenters. The molecule has 0 atom stereocenters. The van der Waals surface area contributed by atoms with E-state index in [1.54, 1.807) is 0 Å². The lowest BCUT2D eigenvalue weighted by Gasteiger charge is -2.36. The highest BCUT2D eigenvalue weighted by atomic mass is 16.6. The number of unbranched alkanes of at least 4 members (excludes halogenated alkanes) is 4. The van der Waals surface area contributed by atoms with Crippen molar-refractivity contribution in [1.82, 2.24) is 0 Å². The van der Waals surface area contributed by atoms with Gasteiger partial charge in [0.1, 0.15) is 11.5 Å². The van der Waals surface area contributed by atoms with Gasteiger partial charge in [0.15, 0.2) is 5.60 Å². The van der Waals surface area contributed by atoms with Crippen molar-refractivity contribution in [1.29, 1.82) is 0 Å². The van der Waals surface area contributed by atoms with Crippen molar-refractivity contribution in [3.63, 3.8) is 0 Å². The first kappa shape index (κ1) is 22.5. The Labute approximate surface area is 202 Å². The zero-order chi connectivity index (χ0) is 23.5. The molecule has 0 saturated heterocycles. The van der Waals surface area contributed by atoms with Crippen LogP contribution in [0.3, 0.4) is 0 Å². The minimum Gasteiger partial charge on any atom is -0.456 e. The predicted octanol–water partition coefficient (Wildman–Crippen LogP) is 7.44. The molecular formula is C30H33NO3. The Morgan fingerprint density at radius 2 is 1.26 bits per heavy atom. The third-order valence-electron chi connectivity index (χ3n) is 7.03. The first-order valence-electron chi connectivity index (χ1n) is 12.7. The molecule has 0 radical (unpaired) electrons. The molecule has 3 aromatic rings. The Morgan fingerprint density at radius 1 is 0.706 bits per heavy atom. The first-order valence-corrected chi connectivity index (χ1v) is 12.7. The zero-order valence-electron chi connectivity index (χ0n) is 20.2. The van der Waals surface area contributed by atoms with Crippen LogP contribution in [0.4, 0.5) is 5.69 Å². The fourth-order valence-corrected chi connectivity index (χ4v) is 5.37. The summed E-state index contributed by atoms with van der Waals surface area (Å²) in [6.07, 6.45) is 6.96. The summed E-state index contributed by atoms with van der Waals surface area (Å²) >= 11 is 0. The van der Waals surface area contributed by atoms with Gasteiger partial charge in [0.2, 0.25) is 0 Å². The van der Waals surface area contributed by atoms with E-state index < -0.39 is 5.60 Å². The third-order valence-corrected chi connectivity index (χ3v) is 7.03. The Morgan fingerprint density at radius 3 is 1.85 bits per heavy atom. The van der Waals surface area contributed by atoms with Crippen LogP contribution in [-0.2, 0) is 10.3 Å². The van der Waals surface area contributed by atoms with Gasteiger partial charge in [0.25, 0.3) is 0 Å². The van der Waals surface area contributed by atoms with Crippen LogP contribution in [-0.4, -0.2) is 19.1 Å². The lowest BCUT2D eigenvalue weighted by atomic mass is 9.77. The van der Waals surface area contributed by atoms with Crippen LogP contribution in [0.25, 0.3) is 0 Å². The second-order valence-corrected chi connectivity index (χ2v) is 9.27. The Bertz CT molecular complexity index is 1130. The maximum Gasteiger partial charge on any atom is 0.342 e. The third kappa shape index (κ3) is 3.66. The van der Waals surface area contributed by atoms with E-state index in [4.69, 9.17) is 9.47 Å². The van der Waals surface area contributed by atoms with E-state index in [2.05, 4.69) is 36.9 Å². The maximum absolute atomic E-state index is 13.7. The maximum atomic E-state index is 13.7. The van der Waals surface area contributed by atoms with Crippen molar-refractivity contribution in [2.24, 2.45) is 0 Å². The smallest absolute Gasteiger partial charge is 0.342 e. The molecule has 4 heteroatoms. The summed E-state index contributed by atoms with van der Waals surface area (Å²) < 4.78 is 12.6. The van der Waals surface area contributed by atoms with Crippen LogP contribution in [0.5, 0.6) is 11.5 Å². The van der Waals surface area contributed by atoms with Gasteiger partial charge < -0.3 is 14.4 Å². The average Bonchev–Trinajstić information content (AvgIpc) is 3.17. The highest BCUT2D eigenvalue weighted by Crippen LogP contribution is 2.56. The molecule has 176 valence electrons. The number of fused-ring (bicyclic) bond motifs is 6. The summed E-state index contributed by atoms with van der Waals surface area (Å²) in [5.41, 5.74) is 3.36. The molecule has 34 heavy (non-hydrogen) atoms. The van der Waals surface area contributed by atoms with E-state index >= 15 is 0 Å². The van der Waals surface area contributed by atoms with E-state index in [9.17, 15) is 4.79 Å². The molecule has 0 saturated carbocycles. The second kappa shape index (κ2) is 9.54. The number of ether oxygens (including phenoxy) is 2. The van der Waals surface area contributed by atoms with E-state index in [1.807, 2.05) is 48.5 Å². The molecule has 0 N–H and O–H groups in total. The molecule has 0 bridgehead atoms. The lowest BCUT2D eigenvalue weighted by Crippen LogP contribution is -2.33. The van der Waals surface area contributed by atoms with Crippen LogP contribution in [0.15, 0.2) is 66.7 Å². The summed E-state index contributed by atoms with van der Waals surface area (Å²) in [5.74, 6) is 1.21. The topological polar surface area (TPSA) is 38.8 Å². The molecule has 0 amide bonds. The molecule has 0 aliphatic carbocycles. The number of nitrogens with zero attached hydrogens (tertiary/aromatic N) is 1. The molecule has 0 aromatic heterocycles. The fraction of sp³-hybridized carbons (Fsp3) is 0.367. The number of carbonyl (C=O) groups is 1. The normalized spacial score (nSPS) is 14.7. The Hall–Kier alpha value is -3.27. The van der Waals surface area contributed by atoms with Crippen LogP contribution in [0, 0.1) is 0 Å². The standard InChI is InChI=1S/C30H33NO3/c1-3-5-11-20-31(21-12-6-4-2)25-17-13-16-24-28(25)29(32)34-30(24)22-14-7-9-18-26(22)33-27-19-10-8-15-23(27)30/h7-10,13-19H,3-6,11-12,20-21H2,1-2H3. The Kier molecular flexibility index (Phi) is 6.32. The molecule has 2 aliphatic rings. The van der Waals surface area contributed by atoms with Gasteiger partial charge in [-0.15, -0.1) is 0 Å². The van der Waals surface area contributed by atoms with Crippen molar-refractivity contribution in [2.45, 2.75) is 58.0 Å². The largest absolute Gasteiger partial charge is 0.456 e. The number of hydrogen-bond acceptors (Lipinski definition) is 4. The van der Waals surface area contributed by atoms with Crippen LogP contribution >= 0.6 is 0 Å². The van der Waals surface area contributed by atoms with Gasteiger partial charge in [0, 0.05) is 29.8 Å². The van der Waals surface area contributed by atoms with Gasteiger partial charge in [-0.05, 0) is 31.0 Å². The molecule has 3 aromatic carbocycles. The van der Waals surface area contributed by atoms with Gasteiger partial charge >= 0.3 is 5.97 Å². The molecule has 2 aliphatic heterocycles. The molecule has 0 fully saturated rings. The van der Waals surface area contributed by atoms with Crippen molar-refractivity contribution in [2.75, 3.05) is 18.0 Å². The monoisotopic (exact) mass is 455 g/mol. The molecule has 5 rings (SSSR count). The SMILES string of the molecule is CCCCCN(CCCCC)c1cccc2c1C(=O)OC21c2ccccc2Oc2ccccc21. The Balaban J connectivity index is 1.66. The quantitative estimate of drug-likeness (QED) is 0.248. The van der Waals surface area contributed by atoms with Crippen molar-refractivity contribution in [3.8, 4) is 11.5 Å². The predicted molar refractivity (Wildman–Crippen MR) is 136 cm³/mol. The summed E-state index contributed by atoms with van der Waals surface area (Å²) in [6, 6.07) is 22.0. The number of hydrogen-bond donors (Lipinski definition) is 0.